The van der Waals surface area contributed by atoms with Gasteiger partial charge in [0.25, 0.3) is 5.91 Å². The van der Waals surface area contributed by atoms with Crippen molar-refractivity contribution in [3.05, 3.63) is 34.5 Å². The first-order valence-corrected chi connectivity index (χ1v) is 6.44. The molecule has 1 aromatic heterocycles. The minimum absolute atomic E-state index is 0.341. The number of nitrogens with one attached hydrogen (secondary N) is 1. The third-order valence-electron chi connectivity index (χ3n) is 2.83. The number of carbonyl (C=O) groups is 2. The van der Waals surface area contributed by atoms with Crippen molar-refractivity contribution in [3.8, 4) is 0 Å². The maximum atomic E-state index is 13.7. The second kappa shape index (κ2) is 4.97. The molecule has 100 valence electrons. The summed E-state index contributed by atoms with van der Waals surface area (Å²) >= 11 is 1.15. The predicted octanol–water partition coefficient (Wildman–Crippen LogP) is 2.55. The molecule has 0 aliphatic rings. The number of aryl methyl sites for hydroxylation is 1. The quantitative estimate of drug-likeness (QED) is 0.908. The van der Waals surface area contributed by atoms with Crippen LogP contribution in [0.4, 0.5) is 4.39 Å². The van der Waals surface area contributed by atoms with E-state index in [9.17, 15) is 14.0 Å². The Hall–Kier alpha value is -1.95. The van der Waals surface area contributed by atoms with Crippen LogP contribution in [0.3, 0.4) is 0 Å². The first-order valence-electron chi connectivity index (χ1n) is 5.63. The van der Waals surface area contributed by atoms with E-state index >= 15 is 0 Å². The van der Waals surface area contributed by atoms with Gasteiger partial charge in [-0.2, -0.15) is 0 Å². The highest BCUT2D eigenvalue weighted by Crippen LogP contribution is 2.32. The van der Waals surface area contributed by atoms with Gasteiger partial charge in [0, 0.05) is 10.1 Å². The van der Waals surface area contributed by atoms with Crippen LogP contribution in [0.15, 0.2) is 18.2 Å². The van der Waals surface area contributed by atoms with Crippen LogP contribution in [0.5, 0.6) is 0 Å². The number of benzene rings is 1. The number of rotatable bonds is 3. The van der Waals surface area contributed by atoms with Gasteiger partial charge in [0.15, 0.2) is 0 Å². The fraction of sp³-hybridized carbons (Fsp3) is 0.231. The van der Waals surface area contributed by atoms with Crippen molar-refractivity contribution in [2.45, 2.75) is 19.9 Å². The summed E-state index contributed by atoms with van der Waals surface area (Å²) in [5.41, 5.74) is 0.535. The Morgan fingerprint density at radius 3 is 2.68 bits per heavy atom. The molecular formula is C13H12FNO3S. The molecule has 6 heteroatoms. The molecule has 0 saturated carbocycles. The summed E-state index contributed by atoms with van der Waals surface area (Å²) in [4.78, 5) is 23.0. The predicted molar refractivity (Wildman–Crippen MR) is 71.1 cm³/mol. The number of hydrogen-bond donors (Lipinski definition) is 2. The van der Waals surface area contributed by atoms with Gasteiger partial charge in [-0.05, 0) is 31.5 Å². The molecule has 0 aliphatic heterocycles. The molecule has 2 N–H and O–H groups in total. The number of thiophene rings is 1. The molecule has 0 radical (unpaired) electrons. The smallest absolute Gasteiger partial charge is 0.325 e. The molecule has 2 aromatic rings. The van der Waals surface area contributed by atoms with Crippen LogP contribution in [-0.4, -0.2) is 23.0 Å². The Kier molecular flexibility index (Phi) is 3.53. The van der Waals surface area contributed by atoms with E-state index in [0.29, 0.717) is 20.5 Å². The molecule has 4 nitrogen and oxygen atoms in total. The van der Waals surface area contributed by atoms with E-state index in [-0.39, 0.29) is 5.82 Å². The minimum Gasteiger partial charge on any atom is -0.480 e. The van der Waals surface area contributed by atoms with Gasteiger partial charge in [0.1, 0.15) is 11.9 Å². The van der Waals surface area contributed by atoms with Crippen LogP contribution >= 0.6 is 11.3 Å². The van der Waals surface area contributed by atoms with Gasteiger partial charge < -0.3 is 10.4 Å². The second-order valence-electron chi connectivity index (χ2n) is 4.20. The Balaban J connectivity index is 2.41. The zero-order valence-electron chi connectivity index (χ0n) is 10.4. The summed E-state index contributed by atoms with van der Waals surface area (Å²) in [7, 11) is 0. The van der Waals surface area contributed by atoms with Crippen LogP contribution in [0.2, 0.25) is 0 Å². The average molecular weight is 281 g/mol. The number of fused-ring (bicyclic) bond motifs is 1. The summed E-state index contributed by atoms with van der Waals surface area (Å²) in [6, 6.07) is 3.66. The van der Waals surface area contributed by atoms with Gasteiger partial charge in [-0.15, -0.1) is 11.3 Å². The van der Waals surface area contributed by atoms with Crippen molar-refractivity contribution in [1.29, 1.82) is 0 Å². The molecule has 0 saturated heterocycles. The molecule has 0 aliphatic carbocycles. The van der Waals surface area contributed by atoms with Crippen LogP contribution < -0.4 is 5.32 Å². The highest BCUT2D eigenvalue weighted by Gasteiger charge is 2.21. The van der Waals surface area contributed by atoms with E-state index in [1.807, 2.05) is 0 Å². The van der Waals surface area contributed by atoms with Crippen molar-refractivity contribution in [3.63, 3.8) is 0 Å². The van der Waals surface area contributed by atoms with Crippen LogP contribution in [-0.2, 0) is 4.79 Å². The van der Waals surface area contributed by atoms with Gasteiger partial charge >= 0.3 is 5.97 Å². The Labute approximate surface area is 112 Å². The van der Waals surface area contributed by atoms with Crippen LogP contribution in [0.25, 0.3) is 10.1 Å². The Bertz CT molecular complexity index is 665. The lowest BCUT2D eigenvalue weighted by atomic mass is 10.1. The third kappa shape index (κ3) is 2.44. The summed E-state index contributed by atoms with van der Waals surface area (Å²) < 4.78 is 14.4. The fourth-order valence-corrected chi connectivity index (χ4v) is 2.92. The molecule has 1 amide bonds. The van der Waals surface area contributed by atoms with Gasteiger partial charge in [-0.25, -0.2) is 4.39 Å². The highest BCUT2D eigenvalue weighted by molar-refractivity contribution is 7.21. The second-order valence-corrected chi connectivity index (χ2v) is 5.25. The molecule has 1 aromatic carbocycles. The number of aliphatic carboxylic acids is 1. The third-order valence-corrected chi connectivity index (χ3v) is 4.08. The number of halogens is 1. The fourth-order valence-electron chi connectivity index (χ4n) is 1.79. The maximum absolute atomic E-state index is 13.7. The summed E-state index contributed by atoms with van der Waals surface area (Å²) in [5.74, 6) is -1.98. The van der Waals surface area contributed by atoms with Crippen LogP contribution in [0, 0.1) is 12.7 Å². The van der Waals surface area contributed by atoms with Crippen molar-refractivity contribution >= 4 is 33.3 Å². The lowest BCUT2D eigenvalue weighted by molar-refractivity contribution is -0.138. The first-order chi connectivity index (χ1) is 8.91. The molecule has 0 bridgehead atoms. The normalized spacial score (nSPS) is 12.4. The SMILES string of the molecule is Cc1c(C(=O)N[C@H](C)C(=O)O)sc2cccc(F)c12. The van der Waals surface area contributed by atoms with Gasteiger partial charge in [-0.3, -0.25) is 9.59 Å². The minimum atomic E-state index is -1.11. The van der Waals surface area contributed by atoms with Crippen molar-refractivity contribution < 1.29 is 19.1 Å². The van der Waals surface area contributed by atoms with E-state index in [2.05, 4.69) is 5.32 Å². The molecule has 2 rings (SSSR count). The standard InChI is InChI=1S/C13H12FNO3S/c1-6-10-8(14)4-3-5-9(10)19-11(6)12(16)15-7(2)13(17)18/h3-5,7H,1-2H3,(H,15,16)(H,17,18)/t7-/m1/s1. The molecule has 19 heavy (non-hydrogen) atoms. The maximum Gasteiger partial charge on any atom is 0.325 e. The van der Waals surface area contributed by atoms with E-state index < -0.39 is 17.9 Å². The molecule has 1 heterocycles. The van der Waals surface area contributed by atoms with Crippen LogP contribution in [0.1, 0.15) is 22.2 Å². The largest absolute Gasteiger partial charge is 0.480 e. The lowest BCUT2D eigenvalue weighted by Gasteiger charge is -2.08. The average Bonchev–Trinajstić information content (AvgIpc) is 2.68. The van der Waals surface area contributed by atoms with Crippen molar-refractivity contribution in [1.82, 2.24) is 5.32 Å². The molecule has 0 spiro atoms. The van der Waals surface area contributed by atoms with E-state index in [1.54, 1.807) is 19.1 Å². The molecular weight excluding hydrogens is 269 g/mol. The topological polar surface area (TPSA) is 66.4 Å². The first kappa shape index (κ1) is 13.5. The zero-order valence-corrected chi connectivity index (χ0v) is 11.2. The highest BCUT2D eigenvalue weighted by atomic mass is 32.1. The van der Waals surface area contributed by atoms with E-state index in [0.717, 1.165) is 11.3 Å². The van der Waals surface area contributed by atoms with E-state index in [4.69, 9.17) is 5.11 Å². The molecule has 0 unspecified atom stereocenters. The number of hydrogen-bond acceptors (Lipinski definition) is 3. The number of amides is 1. The van der Waals surface area contributed by atoms with Crippen molar-refractivity contribution in [2.24, 2.45) is 0 Å². The van der Waals surface area contributed by atoms with E-state index in [1.165, 1.54) is 13.0 Å². The Morgan fingerprint density at radius 1 is 1.42 bits per heavy atom. The summed E-state index contributed by atoms with van der Waals surface area (Å²) in [6.07, 6.45) is 0. The van der Waals surface area contributed by atoms with Gasteiger partial charge in [-0.1, -0.05) is 6.07 Å². The summed E-state index contributed by atoms with van der Waals surface area (Å²) in [6.45, 7) is 3.03. The molecule has 1 atom stereocenters. The van der Waals surface area contributed by atoms with Gasteiger partial charge in [0.05, 0.1) is 4.88 Å². The Morgan fingerprint density at radius 2 is 2.11 bits per heavy atom. The van der Waals surface area contributed by atoms with Crippen molar-refractivity contribution in [2.75, 3.05) is 0 Å². The number of carboxylic acid groups (broad SMARTS) is 1. The number of carbonyl (C=O) groups excluding carboxylic acids is 1. The lowest BCUT2D eigenvalue weighted by Crippen LogP contribution is -2.38. The summed E-state index contributed by atoms with van der Waals surface area (Å²) in [5, 5.41) is 11.5. The zero-order chi connectivity index (χ0) is 14.2. The van der Waals surface area contributed by atoms with Gasteiger partial charge in [0.2, 0.25) is 0 Å². The monoisotopic (exact) mass is 281 g/mol. The number of carboxylic acids is 1. The molecule has 0 fully saturated rings.